The lowest BCUT2D eigenvalue weighted by Crippen LogP contribution is -3.11. The van der Waals surface area contributed by atoms with E-state index in [4.69, 9.17) is 0 Å². The fraction of sp³-hybridized carbons (Fsp3) is 0.818. The van der Waals surface area contributed by atoms with Crippen molar-refractivity contribution in [2.24, 2.45) is 0 Å². The molecule has 0 aliphatic rings. The summed E-state index contributed by atoms with van der Waals surface area (Å²) in [6, 6.07) is 0. The van der Waals surface area contributed by atoms with Gasteiger partial charge in [-0.05, 0) is 26.2 Å². The van der Waals surface area contributed by atoms with Gasteiger partial charge in [0.05, 0.1) is 13.1 Å². The van der Waals surface area contributed by atoms with E-state index in [0.29, 0.717) is 0 Å². The van der Waals surface area contributed by atoms with Crippen LogP contribution in [-0.2, 0) is 0 Å². The van der Waals surface area contributed by atoms with Crippen LogP contribution in [0.3, 0.4) is 0 Å². The van der Waals surface area contributed by atoms with Crippen molar-refractivity contribution in [2.45, 2.75) is 39.7 Å². The highest BCUT2D eigenvalue weighted by Crippen LogP contribution is 1.92. The Morgan fingerprint density at radius 2 is 1.85 bits per heavy atom. The molecule has 0 heterocycles. The average molecular weight is 184 g/mol. The van der Waals surface area contributed by atoms with Gasteiger partial charge in [-0.25, -0.2) is 0 Å². The van der Waals surface area contributed by atoms with Gasteiger partial charge in [0, 0.05) is 0 Å². The summed E-state index contributed by atoms with van der Waals surface area (Å²) < 4.78 is 0. The van der Waals surface area contributed by atoms with Crippen LogP contribution in [0.1, 0.15) is 33.6 Å². The highest BCUT2D eigenvalue weighted by Gasteiger charge is 1.98. The highest BCUT2D eigenvalue weighted by atomic mass is 16.3. The minimum absolute atomic E-state index is 0.417. The van der Waals surface area contributed by atoms with Crippen molar-refractivity contribution in [1.29, 1.82) is 0 Å². The molecular weight excluding hydrogens is 162 g/mol. The third-order valence-corrected chi connectivity index (χ3v) is 2.17. The Bertz CT molecular complexity index is 165. The van der Waals surface area contributed by atoms with Crippen LogP contribution in [0.15, 0.2) is 0 Å². The summed E-state index contributed by atoms with van der Waals surface area (Å²) in [7, 11) is 0. The summed E-state index contributed by atoms with van der Waals surface area (Å²) in [5, 5.41) is 9.32. The van der Waals surface area contributed by atoms with E-state index >= 15 is 0 Å². The second-order valence-electron chi connectivity index (χ2n) is 3.26. The summed E-state index contributed by atoms with van der Waals surface area (Å²) in [6.07, 6.45) is 1.37. The van der Waals surface area contributed by atoms with Crippen LogP contribution in [0, 0.1) is 11.8 Å². The topological polar surface area (TPSA) is 24.7 Å². The monoisotopic (exact) mass is 184 g/mol. The largest absolute Gasteiger partial charge is 0.380 e. The smallest absolute Gasteiger partial charge is 0.139 e. The molecule has 0 aromatic rings. The Labute approximate surface area is 81.9 Å². The molecule has 0 unspecified atom stereocenters. The van der Waals surface area contributed by atoms with Crippen molar-refractivity contribution >= 4 is 0 Å². The maximum Gasteiger partial charge on any atom is 0.139 e. The van der Waals surface area contributed by atoms with Crippen LogP contribution >= 0.6 is 0 Å². The van der Waals surface area contributed by atoms with Gasteiger partial charge >= 0.3 is 0 Å². The van der Waals surface area contributed by atoms with E-state index in [1.54, 1.807) is 0 Å². The lowest BCUT2D eigenvalue weighted by Gasteiger charge is -2.10. The predicted octanol–water partition coefficient (Wildman–Crippen LogP) is 0.0755. The Kier molecular flexibility index (Phi) is 7.77. The molecule has 1 atom stereocenters. The van der Waals surface area contributed by atoms with Crippen LogP contribution in [0.5, 0.6) is 0 Å². The molecule has 0 saturated heterocycles. The molecule has 0 amide bonds. The maximum atomic E-state index is 9.32. The van der Waals surface area contributed by atoms with Crippen LogP contribution < -0.4 is 4.90 Å². The van der Waals surface area contributed by atoms with Crippen LogP contribution in [0.4, 0.5) is 0 Å². The van der Waals surface area contributed by atoms with Gasteiger partial charge in [0.2, 0.25) is 0 Å². The first-order valence-electron chi connectivity index (χ1n) is 5.24. The van der Waals surface area contributed by atoms with Gasteiger partial charge in [0.15, 0.2) is 0 Å². The molecular formula is C11H22NO+. The molecule has 2 N–H and O–H groups in total. The maximum absolute atomic E-state index is 9.32. The zero-order chi connectivity index (χ0) is 10.1. The molecule has 0 aromatic carbocycles. The number of rotatable bonds is 5. The molecule has 0 radical (unpaired) electrons. The Morgan fingerprint density at radius 3 is 2.31 bits per heavy atom. The van der Waals surface area contributed by atoms with Gasteiger partial charge in [-0.1, -0.05) is 19.3 Å². The summed E-state index contributed by atoms with van der Waals surface area (Å²) in [5.74, 6) is 5.90. The molecule has 2 heteroatoms. The van der Waals surface area contributed by atoms with E-state index in [2.05, 4.69) is 32.6 Å². The molecule has 0 bridgehead atoms. The van der Waals surface area contributed by atoms with Crippen molar-refractivity contribution < 1.29 is 10.0 Å². The highest BCUT2D eigenvalue weighted by molar-refractivity contribution is 5.04. The van der Waals surface area contributed by atoms with E-state index in [-0.39, 0.29) is 0 Å². The van der Waals surface area contributed by atoms with Crippen molar-refractivity contribution in [3.05, 3.63) is 0 Å². The van der Waals surface area contributed by atoms with Gasteiger partial charge in [0.25, 0.3) is 0 Å². The molecule has 13 heavy (non-hydrogen) atoms. The molecule has 0 aliphatic carbocycles. The number of aliphatic hydroxyl groups is 1. The van der Waals surface area contributed by atoms with Crippen molar-refractivity contribution in [3.63, 3.8) is 0 Å². The fourth-order valence-electron chi connectivity index (χ4n) is 1.14. The average Bonchev–Trinajstić information content (AvgIpc) is 2.13. The van der Waals surface area contributed by atoms with E-state index in [9.17, 15) is 5.11 Å². The number of quaternary nitrogens is 1. The van der Waals surface area contributed by atoms with Crippen LogP contribution in [0.2, 0.25) is 0 Å². The van der Waals surface area contributed by atoms with Gasteiger partial charge in [0.1, 0.15) is 12.6 Å². The van der Waals surface area contributed by atoms with Crippen molar-refractivity contribution in [1.82, 2.24) is 0 Å². The third kappa shape index (κ3) is 6.62. The van der Waals surface area contributed by atoms with Gasteiger partial charge < -0.3 is 10.0 Å². The first-order valence-corrected chi connectivity index (χ1v) is 5.24. The molecule has 76 valence electrons. The molecule has 0 saturated carbocycles. The Hall–Kier alpha value is -0.520. The van der Waals surface area contributed by atoms with Gasteiger partial charge in [-0.2, -0.15) is 0 Å². The standard InChI is InChI=1S/C11H21NO/c1-4-8-11(13)9-7-10-12(5-2)6-3/h11,13H,4-6,8,10H2,1-3H3/p+1/t11-/m0/s1. The first kappa shape index (κ1) is 12.5. The lowest BCUT2D eigenvalue weighted by atomic mass is 10.2. The number of aliphatic hydroxyl groups excluding tert-OH is 1. The normalized spacial score (nSPS) is 12.4. The van der Waals surface area contributed by atoms with Crippen LogP contribution in [-0.4, -0.2) is 30.8 Å². The van der Waals surface area contributed by atoms with Gasteiger partial charge in [-0.3, -0.25) is 0 Å². The molecule has 0 aliphatic heterocycles. The Balaban J connectivity index is 3.69. The molecule has 0 rings (SSSR count). The first-order chi connectivity index (χ1) is 6.24. The van der Waals surface area contributed by atoms with Crippen LogP contribution in [0.25, 0.3) is 0 Å². The van der Waals surface area contributed by atoms with E-state index < -0.39 is 6.10 Å². The number of nitrogens with one attached hydrogen (secondary N) is 1. The van der Waals surface area contributed by atoms with E-state index in [0.717, 1.165) is 32.5 Å². The number of hydrogen-bond acceptors (Lipinski definition) is 1. The third-order valence-electron chi connectivity index (χ3n) is 2.17. The minimum atomic E-state index is -0.417. The molecule has 0 fully saturated rings. The van der Waals surface area contributed by atoms with Crippen molar-refractivity contribution in [2.75, 3.05) is 19.6 Å². The second kappa shape index (κ2) is 8.10. The zero-order valence-corrected chi connectivity index (χ0v) is 9.06. The zero-order valence-electron chi connectivity index (χ0n) is 9.06. The summed E-state index contributed by atoms with van der Waals surface area (Å²) in [6.45, 7) is 9.43. The molecule has 0 spiro atoms. The van der Waals surface area contributed by atoms with E-state index in [1.165, 1.54) is 4.90 Å². The summed E-state index contributed by atoms with van der Waals surface area (Å²) in [5.41, 5.74) is 0. The Morgan fingerprint density at radius 1 is 1.23 bits per heavy atom. The second-order valence-corrected chi connectivity index (χ2v) is 3.26. The molecule has 0 aromatic heterocycles. The lowest BCUT2D eigenvalue weighted by molar-refractivity contribution is -0.889. The molecule has 2 nitrogen and oxygen atoms in total. The minimum Gasteiger partial charge on any atom is -0.380 e. The number of hydrogen-bond donors (Lipinski definition) is 2. The van der Waals surface area contributed by atoms with Crippen molar-refractivity contribution in [3.8, 4) is 11.8 Å². The summed E-state index contributed by atoms with van der Waals surface area (Å²) >= 11 is 0. The predicted molar refractivity (Wildman–Crippen MR) is 55.6 cm³/mol. The van der Waals surface area contributed by atoms with Gasteiger partial charge in [-0.15, -0.1) is 0 Å². The quantitative estimate of drug-likeness (QED) is 0.581. The fourth-order valence-corrected chi connectivity index (χ4v) is 1.14. The SMILES string of the molecule is CCC[C@H](O)C#CC[NH+](CC)CC. The van der Waals surface area contributed by atoms with E-state index in [1.807, 2.05) is 0 Å². The summed E-state index contributed by atoms with van der Waals surface area (Å²) in [4.78, 5) is 1.47.